The summed E-state index contributed by atoms with van der Waals surface area (Å²) in [5.41, 5.74) is 0. The average Bonchev–Trinajstić information content (AvgIpc) is 3.37. The van der Waals surface area contributed by atoms with Crippen LogP contribution in [0.3, 0.4) is 0 Å². The molecule has 0 heterocycles. The van der Waals surface area contributed by atoms with Gasteiger partial charge in [0.2, 0.25) is 0 Å². The van der Waals surface area contributed by atoms with Gasteiger partial charge in [-0.2, -0.15) is 0 Å². The van der Waals surface area contributed by atoms with E-state index >= 15 is 0 Å². The summed E-state index contributed by atoms with van der Waals surface area (Å²) in [6.45, 7) is 6.43. The summed E-state index contributed by atoms with van der Waals surface area (Å²) >= 11 is 0. The van der Waals surface area contributed by atoms with Gasteiger partial charge in [-0.15, -0.1) is 0 Å². The van der Waals surface area contributed by atoms with Gasteiger partial charge in [-0.1, -0.05) is 257 Å². The lowest BCUT2D eigenvalue weighted by Crippen LogP contribution is -2.30. The van der Waals surface area contributed by atoms with E-state index in [2.05, 4.69) is 130 Å². The monoisotopic (exact) mass is 981 g/mol. The molecule has 0 rings (SSSR count). The fourth-order valence-corrected chi connectivity index (χ4v) is 7.45. The van der Waals surface area contributed by atoms with Crippen molar-refractivity contribution < 1.29 is 28.6 Å². The molecule has 0 aliphatic heterocycles. The normalized spacial score (nSPS) is 13.1. The molecule has 0 aromatic carbocycles. The Hall–Kier alpha value is -4.45. The second-order valence-corrected chi connectivity index (χ2v) is 18.7. The van der Waals surface area contributed by atoms with Crippen LogP contribution in [-0.4, -0.2) is 37.2 Å². The minimum Gasteiger partial charge on any atom is -0.462 e. The smallest absolute Gasteiger partial charge is 0.306 e. The highest BCUT2D eigenvalue weighted by molar-refractivity contribution is 5.71. The minimum absolute atomic E-state index is 0.105. The maximum atomic E-state index is 12.9. The van der Waals surface area contributed by atoms with Gasteiger partial charge in [0.25, 0.3) is 0 Å². The molecule has 1 atom stereocenters. The van der Waals surface area contributed by atoms with Crippen molar-refractivity contribution in [3.05, 3.63) is 134 Å². The van der Waals surface area contributed by atoms with Gasteiger partial charge in [-0.05, 0) is 96.3 Å². The molecule has 400 valence electrons. The van der Waals surface area contributed by atoms with Crippen molar-refractivity contribution in [2.75, 3.05) is 13.2 Å². The van der Waals surface area contributed by atoms with Crippen LogP contribution >= 0.6 is 0 Å². The maximum absolute atomic E-state index is 12.9. The summed E-state index contributed by atoms with van der Waals surface area (Å²) in [5.74, 6) is -0.964. The van der Waals surface area contributed by atoms with E-state index in [1.807, 2.05) is 24.3 Å². The highest BCUT2D eigenvalue weighted by atomic mass is 16.6. The highest BCUT2D eigenvalue weighted by Gasteiger charge is 2.19. The molecule has 0 bridgehead atoms. The predicted octanol–water partition coefficient (Wildman–Crippen LogP) is 19.4. The van der Waals surface area contributed by atoms with Crippen molar-refractivity contribution in [2.45, 2.75) is 245 Å². The van der Waals surface area contributed by atoms with Crippen molar-refractivity contribution in [3.8, 4) is 0 Å². The first-order valence-electron chi connectivity index (χ1n) is 28.8. The van der Waals surface area contributed by atoms with Gasteiger partial charge in [0.1, 0.15) is 13.2 Å². The Morgan fingerprint density at radius 2 is 0.592 bits per heavy atom. The number of ether oxygens (including phenoxy) is 3. The van der Waals surface area contributed by atoms with Gasteiger partial charge in [-0.25, -0.2) is 0 Å². The molecule has 0 N–H and O–H groups in total. The molecular weight excluding hydrogens is 877 g/mol. The number of esters is 3. The molecule has 6 heteroatoms. The van der Waals surface area contributed by atoms with E-state index in [9.17, 15) is 14.4 Å². The lowest BCUT2D eigenvalue weighted by molar-refractivity contribution is -0.167. The molecule has 6 nitrogen and oxygen atoms in total. The number of allylic oxidation sites excluding steroid dienone is 22. The van der Waals surface area contributed by atoms with E-state index in [1.165, 1.54) is 77.0 Å². The van der Waals surface area contributed by atoms with E-state index in [0.717, 1.165) is 122 Å². The van der Waals surface area contributed by atoms with Gasteiger partial charge in [0.05, 0.1) is 0 Å². The Morgan fingerprint density at radius 3 is 0.958 bits per heavy atom. The zero-order valence-electron chi connectivity index (χ0n) is 45.7. The molecule has 0 saturated heterocycles. The van der Waals surface area contributed by atoms with Gasteiger partial charge in [0, 0.05) is 19.3 Å². The number of carbonyl (C=O) groups is 3. The van der Waals surface area contributed by atoms with Crippen molar-refractivity contribution in [2.24, 2.45) is 0 Å². The molecule has 0 fully saturated rings. The Balaban J connectivity index is 4.54. The first-order chi connectivity index (χ1) is 35.0. The Labute approximate surface area is 436 Å². The van der Waals surface area contributed by atoms with Crippen molar-refractivity contribution in [1.29, 1.82) is 0 Å². The Kier molecular flexibility index (Phi) is 54.5. The van der Waals surface area contributed by atoms with Crippen LogP contribution in [0.1, 0.15) is 239 Å². The number of rotatable bonds is 50. The molecule has 0 aromatic rings. The Bertz CT molecular complexity index is 1550. The van der Waals surface area contributed by atoms with Gasteiger partial charge >= 0.3 is 17.9 Å². The van der Waals surface area contributed by atoms with Crippen LogP contribution in [0.5, 0.6) is 0 Å². The van der Waals surface area contributed by atoms with E-state index in [1.54, 1.807) is 0 Å². The predicted molar refractivity (Wildman–Crippen MR) is 306 cm³/mol. The zero-order valence-corrected chi connectivity index (χ0v) is 45.7. The largest absolute Gasteiger partial charge is 0.462 e. The number of unbranched alkanes of at least 4 members (excludes halogenated alkanes) is 24. The number of hydrogen-bond donors (Lipinski definition) is 0. The molecule has 71 heavy (non-hydrogen) atoms. The number of carbonyl (C=O) groups excluding carboxylic acids is 3. The van der Waals surface area contributed by atoms with Crippen molar-refractivity contribution in [3.63, 3.8) is 0 Å². The van der Waals surface area contributed by atoms with E-state index in [-0.39, 0.29) is 37.5 Å². The molecule has 0 saturated carbocycles. The average molecular weight is 982 g/mol. The van der Waals surface area contributed by atoms with E-state index in [0.29, 0.717) is 12.8 Å². The zero-order chi connectivity index (χ0) is 51.4. The summed E-state index contributed by atoms with van der Waals surface area (Å²) in [6.07, 6.45) is 81.3. The topological polar surface area (TPSA) is 78.9 Å². The molecule has 0 amide bonds. The summed E-state index contributed by atoms with van der Waals surface area (Å²) in [6, 6.07) is 0. The fraction of sp³-hybridized carbons (Fsp3) is 0.615. The summed E-state index contributed by atoms with van der Waals surface area (Å²) in [4.78, 5) is 38.2. The quantitative estimate of drug-likeness (QED) is 0.0199. The standard InChI is InChI=1S/C65H104O6/c1-4-7-10-13-16-19-22-25-28-31-34-37-40-43-46-49-52-55-58-64(67)70-61-62(60-69-63(66)57-54-51-48-45-42-39-36-33-30-27-24-21-18-15-12-9-6-3)71-65(68)59-56-53-50-47-44-41-38-35-32-29-26-23-20-17-14-11-8-5-2/h10,13,16-23,25-32,34-35,37-38,62H,4-9,11-12,14-15,24,33,36,39-61H2,1-3H3/b13-10-,19-16-,20-17-,21-18-,25-22-,26-23-,30-27-,31-28-,32-29-,37-34-,38-35-. The van der Waals surface area contributed by atoms with Crippen LogP contribution in [0.25, 0.3) is 0 Å². The van der Waals surface area contributed by atoms with Gasteiger partial charge in [0.15, 0.2) is 6.10 Å². The first-order valence-corrected chi connectivity index (χ1v) is 28.8. The van der Waals surface area contributed by atoms with Gasteiger partial charge < -0.3 is 14.2 Å². The maximum Gasteiger partial charge on any atom is 0.306 e. The third kappa shape index (κ3) is 56.3. The lowest BCUT2D eigenvalue weighted by Gasteiger charge is -2.18. The SMILES string of the molecule is CCC\C=C/C=C\C=C/C=C\C=C/CCCCCCCC(=O)OCC(COC(=O)CCCCCCCCC/C=C\C/C=C\CCCCC)OC(=O)CCCCCCC\C=C/C=C\C=C/C=C\CCCCC. The van der Waals surface area contributed by atoms with Crippen LogP contribution in [0.2, 0.25) is 0 Å². The summed E-state index contributed by atoms with van der Waals surface area (Å²) < 4.78 is 16.8. The highest BCUT2D eigenvalue weighted by Crippen LogP contribution is 2.14. The van der Waals surface area contributed by atoms with Crippen LogP contribution in [0.4, 0.5) is 0 Å². The fourth-order valence-electron chi connectivity index (χ4n) is 7.45. The van der Waals surface area contributed by atoms with Crippen LogP contribution < -0.4 is 0 Å². The van der Waals surface area contributed by atoms with Crippen LogP contribution in [0.15, 0.2) is 134 Å². The van der Waals surface area contributed by atoms with Gasteiger partial charge in [-0.3, -0.25) is 14.4 Å². The molecule has 0 aliphatic carbocycles. The third-order valence-electron chi connectivity index (χ3n) is 11.8. The first kappa shape index (κ1) is 66.6. The molecule has 0 aliphatic rings. The number of hydrogen-bond acceptors (Lipinski definition) is 6. The summed E-state index contributed by atoms with van der Waals surface area (Å²) in [7, 11) is 0. The van der Waals surface area contributed by atoms with E-state index < -0.39 is 6.10 Å². The van der Waals surface area contributed by atoms with Crippen molar-refractivity contribution in [1.82, 2.24) is 0 Å². The van der Waals surface area contributed by atoms with E-state index in [4.69, 9.17) is 14.2 Å². The molecule has 0 spiro atoms. The molecular formula is C65H104O6. The molecule has 0 aromatic heterocycles. The minimum atomic E-state index is -0.811. The second-order valence-electron chi connectivity index (χ2n) is 18.7. The van der Waals surface area contributed by atoms with Crippen LogP contribution in [0, 0.1) is 0 Å². The molecule has 1 unspecified atom stereocenters. The lowest BCUT2D eigenvalue weighted by atomic mass is 10.1. The van der Waals surface area contributed by atoms with Crippen LogP contribution in [-0.2, 0) is 28.6 Å². The molecule has 0 radical (unpaired) electrons. The Morgan fingerprint density at radius 1 is 0.296 bits per heavy atom. The summed E-state index contributed by atoms with van der Waals surface area (Å²) in [5, 5.41) is 0. The third-order valence-corrected chi connectivity index (χ3v) is 11.8. The van der Waals surface area contributed by atoms with Crippen molar-refractivity contribution >= 4 is 17.9 Å². The second kappa shape index (κ2) is 58.1.